The van der Waals surface area contributed by atoms with Crippen LogP contribution >= 0.6 is 0 Å². The van der Waals surface area contributed by atoms with Crippen LogP contribution in [-0.4, -0.2) is 39.3 Å². The summed E-state index contributed by atoms with van der Waals surface area (Å²) < 4.78 is 6.31. The molecule has 6 nitrogen and oxygen atoms in total. The number of aromatic carboxylic acids is 1. The van der Waals surface area contributed by atoms with E-state index in [9.17, 15) is 9.90 Å². The van der Waals surface area contributed by atoms with E-state index >= 15 is 0 Å². The van der Waals surface area contributed by atoms with Gasteiger partial charge in [0.1, 0.15) is 11.5 Å². The van der Waals surface area contributed by atoms with Crippen LogP contribution in [0, 0.1) is 0 Å². The van der Waals surface area contributed by atoms with Crippen molar-refractivity contribution in [1.29, 1.82) is 0 Å². The number of nitrogens with two attached hydrogens (primary N) is 1. The predicted molar refractivity (Wildman–Crippen MR) is 120 cm³/mol. The van der Waals surface area contributed by atoms with Gasteiger partial charge in [-0.25, -0.2) is 4.79 Å². The Morgan fingerprint density at radius 1 is 0.833 bits per heavy atom. The molecule has 0 unspecified atom stereocenters. The first-order valence-corrected chi connectivity index (χ1v) is 9.69. The highest BCUT2D eigenvalue weighted by Crippen LogP contribution is 2.49. The Balaban J connectivity index is 1.98. The number of nitrogens with zero attached hydrogens (tertiary/aromatic N) is 2. The predicted octanol–water partition coefficient (Wildman–Crippen LogP) is 4.38. The summed E-state index contributed by atoms with van der Waals surface area (Å²) in [5, 5.41) is 9.85. The van der Waals surface area contributed by atoms with Gasteiger partial charge in [0.2, 0.25) is 0 Å². The van der Waals surface area contributed by atoms with Crippen LogP contribution in [0.2, 0.25) is 0 Å². The number of benzene rings is 3. The van der Waals surface area contributed by atoms with E-state index in [2.05, 4.69) is 0 Å². The Morgan fingerprint density at radius 2 is 1.33 bits per heavy atom. The van der Waals surface area contributed by atoms with Crippen molar-refractivity contribution >= 4 is 23.0 Å². The number of carboxylic acid groups (broad SMARTS) is 1. The van der Waals surface area contributed by atoms with E-state index in [0.29, 0.717) is 11.3 Å². The second-order valence-electron chi connectivity index (χ2n) is 7.92. The molecular weight excluding hydrogens is 378 g/mol. The zero-order valence-electron chi connectivity index (χ0n) is 17.5. The summed E-state index contributed by atoms with van der Waals surface area (Å²) in [6, 6.07) is 17.1. The number of rotatable bonds is 4. The number of carboxylic acids is 1. The van der Waals surface area contributed by atoms with Crippen molar-refractivity contribution in [1.82, 2.24) is 0 Å². The zero-order chi connectivity index (χ0) is 21.6. The monoisotopic (exact) mass is 403 g/mol. The standard InChI is InChI=1S/C24H25N3O3/c1-26(2)15-6-9-18-21(12-15)30-22-13-16(27(3)4)7-10-19(22)23(18)17-8-5-14(25)11-20(17)24(28)29/h5-13,23H,25H2,1-4H3,(H,28,29). The van der Waals surface area contributed by atoms with Crippen LogP contribution in [0.15, 0.2) is 54.6 Å². The molecule has 154 valence electrons. The van der Waals surface area contributed by atoms with Crippen molar-refractivity contribution in [3.05, 3.63) is 76.9 Å². The van der Waals surface area contributed by atoms with Crippen LogP contribution in [0.1, 0.15) is 33.0 Å². The van der Waals surface area contributed by atoms with Crippen LogP contribution in [0.5, 0.6) is 11.5 Å². The molecule has 0 bridgehead atoms. The minimum absolute atomic E-state index is 0.201. The molecule has 0 atom stereocenters. The molecule has 0 aliphatic carbocycles. The van der Waals surface area contributed by atoms with Crippen LogP contribution in [0.3, 0.4) is 0 Å². The highest BCUT2D eigenvalue weighted by molar-refractivity contribution is 5.91. The Morgan fingerprint density at radius 3 is 1.80 bits per heavy atom. The lowest BCUT2D eigenvalue weighted by Crippen LogP contribution is -2.17. The molecule has 1 aliphatic rings. The number of hydrogen-bond donors (Lipinski definition) is 2. The highest BCUT2D eigenvalue weighted by Gasteiger charge is 2.32. The van der Waals surface area contributed by atoms with E-state index in [1.807, 2.05) is 80.5 Å². The fraction of sp³-hybridized carbons (Fsp3) is 0.208. The molecule has 0 saturated carbocycles. The first kappa shape index (κ1) is 19.6. The Labute approximate surface area is 176 Å². The fourth-order valence-electron chi connectivity index (χ4n) is 3.89. The highest BCUT2D eigenvalue weighted by atomic mass is 16.5. The zero-order valence-corrected chi connectivity index (χ0v) is 17.5. The van der Waals surface area contributed by atoms with Gasteiger partial charge in [-0.1, -0.05) is 18.2 Å². The molecule has 0 amide bonds. The Kier molecular flexibility index (Phi) is 4.78. The molecule has 0 spiro atoms. The number of anilines is 3. The van der Waals surface area contributed by atoms with E-state index < -0.39 is 5.97 Å². The molecule has 1 aliphatic heterocycles. The fourth-order valence-corrected chi connectivity index (χ4v) is 3.89. The number of hydrogen-bond acceptors (Lipinski definition) is 5. The van der Waals surface area contributed by atoms with Crippen molar-refractivity contribution in [3.63, 3.8) is 0 Å². The van der Waals surface area contributed by atoms with Gasteiger partial charge in [-0.2, -0.15) is 0 Å². The maximum Gasteiger partial charge on any atom is 0.336 e. The molecule has 1 heterocycles. The lowest BCUT2D eigenvalue weighted by molar-refractivity contribution is 0.0695. The van der Waals surface area contributed by atoms with Gasteiger partial charge in [0.25, 0.3) is 0 Å². The number of carbonyl (C=O) groups is 1. The van der Waals surface area contributed by atoms with Crippen molar-refractivity contribution in [2.45, 2.75) is 5.92 Å². The molecule has 0 radical (unpaired) electrons. The number of ether oxygens (including phenoxy) is 1. The topological polar surface area (TPSA) is 79.0 Å². The van der Waals surface area contributed by atoms with Gasteiger partial charge in [-0.3, -0.25) is 0 Å². The molecule has 0 saturated heterocycles. The first-order valence-electron chi connectivity index (χ1n) is 9.69. The first-order chi connectivity index (χ1) is 14.3. The Bertz CT molecular complexity index is 1080. The van der Waals surface area contributed by atoms with Crippen molar-refractivity contribution in [2.24, 2.45) is 0 Å². The van der Waals surface area contributed by atoms with Crippen LogP contribution < -0.4 is 20.3 Å². The van der Waals surface area contributed by atoms with E-state index in [1.165, 1.54) is 6.07 Å². The largest absolute Gasteiger partial charge is 0.478 e. The summed E-state index contributed by atoms with van der Waals surface area (Å²) in [7, 11) is 7.90. The summed E-state index contributed by atoms with van der Waals surface area (Å²) in [4.78, 5) is 16.0. The normalized spacial score (nSPS) is 12.5. The molecule has 3 aromatic carbocycles. The summed E-state index contributed by atoms with van der Waals surface area (Å²) in [6.45, 7) is 0. The van der Waals surface area contributed by atoms with Crippen LogP contribution in [0.25, 0.3) is 0 Å². The minimum Gasteiger partial charge on any atom is -0.478 e. The smallest absolute Gasteiger partial charge is 0.336 e. The lowest BCUT2D eigenvalue weighted by Gasteiger charge is -2.31. The van der Waals surface area contributed by atoms with Crippen molar-refractivity contribution in [2.75, 3.05) is 43.7 Å². The third-order valence-electron chi connectivity index (χ3n) is 5.49. The summed E-state index contributed by atoms with van der Waals surface area (Å²) in [6.07, 6.45) is 0. The van der Waals surface area contributed by atoms with Gasteiger partial charge >= 0.3 is 5.97 Å². The average molecular weight is 403 g/mol. The molecule has 4 rings (SSSR count). The van der Waals surface area contributed by atoms with E-state index in [1.54, 1.807) is 6.07 Å². The van der Waals surface area contributed by atoms with Gasteiger partial charge in [-0.05, 0) is 29.8 Å². The molecule has 30 heavy (non-hydrogen) atoms. The average Bonchev–Trinajstić information content (AvgIpc) is 2.71. The van der Waals surface area contributed by atoms with E-state index in [-0.39, 0.29) is 11.5 Å². The molecule has 3 aromatic rings. The SMILES string of the molecule is CN(C)c1ccc2c(c1)Oc1cc(N(C)C)ccc1C2c1ccc(N)cc1C(=O)O. The molecule has 0 fully saturated rings. The van der Waals surface area contributed by atoms with Gasteiger partial charge in [0.15, 0.2) is 0 Å². The quantitative estimate of drug-likeness (QED) is 0.492. The summed E-state index contributed by atoms with van der Waals surface area (Å²) in [5.74, 6) is 0.176. The number of nitrogen functional groups attached to an aromatic ring is 1. The molecule has 3 N–H and O–H groups in total. The molecule has 0 aromatic heterocycles. The second kappa shape index (κ2) is 7.30. The van der Waals surface area contributed by atoms with Gasteiger partial charge in [-0.15, -0.1) is 0 Å². The lowest BCUT2D eigenvalue weighted by atomic mass is 9.80. The van der Waals surface area contributed by atoms with E-state index in [0.717, 1.165) is 34.0 Å². The van der Waals surface area contributed by atoms with E-state index in [4.69, 9.17) is 10.5 Å². The maximum atomic E-state index is 12.0. The Hall–Kier alpha value is -3.67. The molecular formula is C24H25N3O3. The summed E-state index contributed by atoms with van der Waals surface area (Å²) in [5.41, 5.74) is 11.1. The van der Waals surface area contributed by atoms with Gasteiger partial charge in [0, 0.05) is 74.4 Å². The van der Waals surface area contributed by atoms with Crippen molar-refractivity contribution < 1.29 is 14.6 Å². The molecule has 6 heteroatoms. The maximum absolute atomic E-state index is 12.0. The summed E-state index contributed by atoms with van der Waals surface area (Å²) >= 11 is 0. The second-order valence-corrected chi connectivity index (χ2v) is 7.92. The minimum atomic E-state index is -0.998. The third kappa shape index (κ3) is 3.30. The van der Waals surface area contributed by atoms with Crippen molar-refractivity contribution in [3.8, 4) is 11.5 Å². The van der Waals surface area contributed by atoms with Gasteiger partial charge in [0.05, 0.1) is 5.56 Å². The third-order valence-corrected chi connectivity index (χ3v) is 5.49. The van der Waals surface area contributed by atoms with Gasteiger partial charge < -0.3 is 25.4 Å². The van der Waals surface area contributed by atoms with Crippen LogP contribution in [-0.2, 0) is 0 Å². The van der Waals surface area contributed by atoms with Crippen LogP contribution in [0.4, 0.5) is 17.1 Å². The number of fused-ring (bicyclic) bond motifs is 2.